The molecule has 7 nitrogen and oxygen atoms in total. The van der Waals surface area contributed by atoms with E-state index in [9.17, 15) is 26.4 Å². The van der Waals surface area contributed by atoms with Gasteiger partial charge in [-0.2, -0.15) is 18.3 Å². The first kappa shape index (κ1) is 20.0. The number of anilines is 1. The molecular formula is C14H14ClF3N4O3S. The van der Waals surface area contributed by atoms with Gasteiger partial charge in [-0.1, -0.05) is 11.6 Å². The highest BCUT2D eigenvalue weighted by molar-refractivity contribution is 7.92. The Kier molecular flexibility index (Phi) is 5.52. The zero-order valence-corrected chi connectivity index (χ0v) is 15.2. The Balaban J connectivity index is 2.27. The van der Waals surface area contributed by atoms with E-state index in [2.05, 4.69) is 9.82 Å². The van der Waals surface area contributed by atoms with Gasteiger partial charge in [0.1, 0.15) is 11.4 Å². The monoisotopic (exact) mass is 410 g/mol. The molecule has 1 heterocycles. The number of nitrogens with zero attached hydrogens (tertiary/aromatic N) is 3. The van der Waals surface area contributed by atoms with Crippen molar-refractivity contribution in [3.05, 3.63) is 41.2 Å². The molecular weight excluding hydrogens is 397 g/mol. The highest BCUT2D eigenvalue weighted by Gasteiger charge is 2.32. The minimum Gasteiger partial charge on any atom is -0.347 e. The molecule has 2 aromatic rings. The number of nitrogens with one attached hydrogen (secondary N) is 1. The summed E-state index contributed by atoms with van der Waals surface area (Å²) >= 11 is 5.75. The molecule has 0 radical (unpaired) electrons. The zero-order valence-electron chi connectivity index (χ0n) is 13.6. The van der Waals surface area contributed by atoms with Gasteiger partial charge in [-0.05, 0) is 18.2 Å². The summed E-state index contributed by atoms with van der Waals surface area (Å²) in [7, 11) is -1.30. The van der Waals surface area contributed by atoms with Gasteiger partial charge in [0.25, 0.3) is 10.0 Å². The van der Waals surface area contributed by atoms with Gasteiger partial charge in [-0.25, -0.2) is 8.42 Å². The van der Waals surface area contributed by atoms with Gasteiger partial charge < -0.3 is 4.90 Å². The number of hydrogen-bond acceptors (Lipinski definition) is 4. The summed E-state index contributed by atoms with van der Waals surface area (Å²) in [6.07, 6.45) is -2.35. The number of hydrogen-bond donors (Lipinski definition) is 1. The molecule has 12 heteroatoms. The first-order valence-electron chi connectivity index (χ1n) is 7.02. The lowest BCUT2D eigenvalue weighted by atomic mass is 10.2. The van der Waals surface area contributed by atoms with Crippen LogP contribution in [0, 0.1) is 0 Å². The Hall–Kier alpha value is -2.27. The molecule has 1 N–H and O–H groups in total. The van der Waals surface area contributed by atoms with Crippen molar-refractivity contribution in [2.45, 2.75) is 17.6 Å². The zero-order chi connectivity index (χ0) is 19.7. The standard InChI is InChI=1S/C14H14ClF3N4O3S/c1-21(2)13(23)8-22-7-10(6-19-22)20-26(24,25)12-5-9(14(16,17)18)3-4-11(12)15/h3-7,20H,8H2,1-2H3. The largest absolute Gasteiger partial charge is 0.416 e. The lowest BCUT2D eigenvalue weighted by molar-refractivity contribution is -0.137. The van der Waals surface area contributed by atoms with Gasteiger partial charge in [0.05, 0.1) is 22.5 Å². The normalized spacial score (nSPS) is 12.1. The van der Waals surface area contributed by atoms with Crippen LogP contribution in [-0.4, -0.2) is 43.1 Å². The number of rotatable bonds is 5. The average Bonchev–Trinajstić information content (AvgIpc) is 2.92. The summed E-state index contributed by atoms with van der Waals surface area (Å²) in [5.41, 5.74) is -1.17. The van der Waals surface area contributed by atoms with Crippen LogP contribution in [0.5, 0.6) is 0 Å². The highest BCUT2D eigenvalue weighted by atomic mass is 35.5. The Morgan fingerprint density at radius 1 is 1.35 bits per heavy atom. The molecule has 1 amide bonds. The van der Waals surface area contributed by atoms with Crippen molar-refractivity contribution in [3.63, 3.8) is 0 Å². The number of aromatic nitrogens is 2. The molecule has 0 aliphatic carbocycles. The summed E-state index contributed by atoms with van der Waals surface area (Å²) in [4.78, 5) is 12.2. The van der Waals surface area contributed by atoms with Gasteiger partial charge in [-0.15, -0.1) is 0 Å². The Bertz CT molecular complexity index is 926. The maximum Gasteiger partial charge on any atom is 0.416 e. The Labute approximate surface area is 152 Å². The van der Waals surface area contributed by atoms with E-state index in [1.807, 2.05) is 0 Å². The van der Waals surface area contributed by atoms with Gasteiger partial charge in [0.15, 0.2) is 0 Å². The maximum atomic E-state index is 12.8. The summed E-state index contributed by atoms with van der Waals surface area (Å²) in [6.45, 7) is -0.126. The molecule has 0 saturated heterocycles. The lowest BCUT2D eigenvalue weighted by Gasteiger charge is -2.12. The minimum atomic E-state index is -4.72. The molecule has 1 aromatic carbocycles. The van der Waals surface area contributed by atoms with E-state index in [0.29, 0.717) is 12.1 Å². The summed E-state index contributed by atoms with van der Waals surface area (Å²) in [5, 5.41) is 3.46. The minimum absolute atomic E-state index is 0.0231. The highest BCUT2D eigenvalue weighted by Crippen LogP contribution is 2.33. The van der Waals surface area contributed by atoms with Gasteiger partial charge in [-0.3, -0.25) is 14.2 Å². The molecule has 0 spiro atoms. The maximum absolute atomic E-state index is 12.8. The van der Waals surface area contributed by atoms with Gasteiger partial charge >= 0.3 is 6.18 Å². The number of benzene rings is 1. The molecule has 0 bridgehead atoms. The van der Waals surface area contributed by atoms with Crippen LogP contribution in [0.15, 0.2) is 35.5 Å². The number of carbonyl (C=O) groups excluding carboxylic acids is 1. The van der Waals surface area contributed by atoms with E-state index in [1.165, 1.54) is 15.8 Å². The van der Waals surface area contributed by atoms with Crippen LogP contribution in [-0.2, 0) is 27.5 Å². The number of likely N-dealkylation sites (N-methyl/N-ethyl adjacent to an activating group) is 1. The number of carbonyl (C=O) groups is 1. The van der Waals surface area contributed by atoms with E-state index in [4.69, 9.17) is 11.6 Å². The quantitative estimate of drug-likeness (QED) is 0.820. The third-order valence-electron chi connectivity index (χ3n) is 3.23. The summed E-state index contributed by atoms with van der Waals surface area (Å²) < 4.78 is 66.4. The molecule has 0 aliphatic rings. The first-order chi connectivity index (χ1) is 11.9. The molecule has 0 fully saturated rings. The molecule has 1 aromatic heterocycles. The fraction of sp³-hybridized carbons (Fsp3) is 0.286. The van der Waals surface area contributed by atoms with Crippen molar-refractivity contribution >= 4 is 33.2 Å². The molecule has 0 aliphatic heterocycles. The fourth-order valence-corrected chi connectivity index (χ4v) is 3.43. The second-order valence-electron chi connectivity index (χ2n) is 5.46. The van der Waals surface area contributed by atoms with Gasteiger partial charge in [0.2, 0.25) is 5.91 Å². The van der Waals surface area contributed by atoms with Crippen LogP contribution in [0.4, 0.5) is 18.9 Å². The smallest absolute Gasteiger partial charge is 0.347 e. The van der Waals surface area contributed by atoms with E-state index in [1.54, 1.807) is 14.1 Å². The molecule has 2 rings (SSSR count). The van der Waals surface area contributed by atoms with Crippen LogP contribution in [0.3, 0.4) is 0 Å². The second-order valence-corrected chi connectivity index (χ2v) is 7.52. The van der Waals surface area contributed by atoms with Crippen molar-refractivity contribution in [2.75, 3.05) is 18.8 Å². The van der Waals surface area contributed by atoms with Crippen molar-refractivity contribution in [3.8, 4) is 0 Å². The number of sulfonamides is 1. The predicted octanol–water partition coefficient (Wildman–Crippen LogP) is 2.44. The SMILES string of the molecule is CN(C)C(=O)Cn1cc(NS(=O)(=O)c2cc(C(F)(F)F)ccc2Cl)cn1. The Morgan fingerprint density at radius 3 is 2.58 bits per heavy atom. The molecule has 26 heavy (non-hydrogen) atoms. The molecule has 142 valence electrons. The molecule has 0 saturated carbocycles. The Morgan fingerprint density at radius 2 is 2.00 bits per heavy atom. The summed E-state index contributed by atoms with van der Waals surface area (Å²) in [6, 6.07) is 2.00. The number of amides is 1. The van der Waals surface area contributed by atoms with Crippen LogP contribution in [0.25, 0.3) is 0 Å². The van der Waals surface area contributed by atoms with Crippen LogP contribution < -0.4 is 4.72 Å². The van der Waals surface area contributed by atoms with E-state index >= 15 is 0 Å². The van der Waals surface area contributed by atoms with Crippen molar-refractivity contribution in [2.24, 2.45) is 0 Å². The van der Waals surface area contributed by atoms with Crippen molar-refractivity contribution in [1.82, 2.24) is 14.7 Å². The number of halogens is 4. The van der Waals surface area contributed by atoms with E-state index < -0.39 is 26.7 Å². The lowest BCUT2D eigenvalue weighted by Crippen LogP contribution is -2.26. The predicted molar refractivity (Wildman–Crippen MR) is 88.2 cm³/mol. The van der Waals surface area contributed by atoms with E-state index in [-0.39, 0.29) is 23.2 Å². The van der Waals surface area contributed by atoms with Crippen molar-refractivity contribution < 1.29 is 26.4 Å². The second kappa shape index (κ2) is 7.16. The third kappa shape index (κ3) is 4.67. The summed E-state index contributed by atoms with van der Waals surface area (Å²) in [5.74, 6) is -0.275. The molecule has 0 atom stereocenters. The van der Waals surface area contributed by atoms with Crippen LogP contribution >= 0.6 is 11.6 Å². The first-order valence-corrected chi connectivity index (χ1v) is 8.88. The van der Waals surface area contributed by atoms with Crippen molar-refractivity contribution in [1.29, 1.82) is 0 Å². The van der Waals surface area contributed by atoms with Crippen LogP contribution in [0.1, 0.15) is 5.56 Å². The third-order valence-corrected chi connectivity index (χ3v) is 5.09. The average molecular weight is 411 g/mol. The molecule has 0 unspecified atom stereocenters. The topological polar surface area (TPSA) is 84.3 Å². The van der Waals surface area contributed by atoms with Gasteiger partial charge in [0, 0.05) is 20.3 Å². The van der Waals surface area contributed by atoms with Crippen LogP contribution in [0.2, 0.25) is 5.02 Å². The van der Waals surface area contributed by atoms with E-state index in [0.717, 1.165) is 12.3 Å². The number of alkyl halides is 3. The fourth-order valence-electron chi connectivity index (χ4n) is 1.88.